The Hall–Kier alpha value is -2.30. The minimum atomic E-state index is -4.70. The first kappa shape index (κ1) is 42.7. The van der Waals surface area contributed by atoms with Gasteiger partial charge in [0.2, 0.25) is 0 Å². The highest BCUT2D eigenvalue weighted by molar-refractivity contribution is 7.47. The maximum absolute atomic E-state index is 12.5. The van der Waals surface area contributed by atoms with Crippen LogP contribution in [0.1, 0.15) is 123 Å². The van der Waals surface area contributed by atoms with Crippen LogP contribution in [-0.2, 0) is 37.5 Å². The van der Waals surface area contributed by atoms with Crippen molar-refractivity contribution in [2.75, 3.05) is 19.8 Å². The number of phosphoric ester groups is 1. The molecular formula is C33H58NO10P. The third-order valence-electron chi connectivity index (χ3n) is 6.71. The van der Waals surface area contributed by atoms with Gasteiger partial charge in [-0.1, -0.05) is 115 Å². The fourth-order valence-electron chi connectivity index (χ4n) is 4.06. The maximum atomic E-state index is 12.5. The molecule has 0 amide bonds. The first-order valence-electron chi connectivity index (χ1n) is 16.5. The number of carbonyl (C=O) groups is 3. The topological polar surface area (TPSA) is 172 Å². The number of esters is 2. The molecule has 0 radical (unpaired) electrons. The van der Waals surface area contributed by atoms with Gasteiger partial charge in [-0.3, -0.25) is 23.4 Å². The van der Waals surface area contributed by atoms with Gasteiger partial charge in [0.05, 0.1) is 13.2 Å². The van der Waals surface area contributed by atoms with Crippen LogP contribution in [0, 0.1) is 0 Å². The van der Waals surface area contributed by atoms with Crippen LogP contribution in [-0.4, -0.2) is 59.9 Å². The second kappa shape index (κ2) is 29.1. The van der Waals surface area contributed by atoms with Crippen molar-refractivity contribution in [1.82, 2.24) is 0 Å². The average molecular weight is 660 g/mol. The van der Waals surface area contributed by atoms with E-state index in [1.54, 1.807) is 0 Å². The van der Waals surface area contributed by atoms with Gasteiger partial charge in [-0.25, -0.2) is 4.57 Å². The van der Waals surface area contributed by atoms with Crippen LogP contribution in [0.15, 0.2) is 36.5 Å². The summed E-state index contributed by atoms with van der Waals surface area (Å²) in [5.74, 6) is -2.42. The van der Waals surface area contributed by atoms with Crippen LogP contribution in [0.3, 0.4) is 0 Å². The highest BCUT2D eigenvalue weighted by Crippen LogP contribution is 2.43. The number of allylic oxidation sites excluding steroid dienone is 6. The number of aliphatic carboxylic acids is 1. The Morgan fingerprint density at radius 2 is 1.24 bits per heavy atom. The lowest BCUT2D eigenvalue weighted by Gasteiger charge is -2.20. The number of ether oxygens (including phenoxy) is 2. The number of rotatable bonds is 30. The molecule has 0 spiro atoms. The lowest BCUT2D eigenvalue weighted by Crippen LogP contribution is -2.34. The Morgan fingerprint density at radius 1 is 0.711 bits per heavy atom. The SMILES string of the molecule is CC/C=C/C=C/C=C/CCCCCCCC(=O)OC(COC(=O)CCCCCCCCCC)COP(=O)(O)OC[C@H](N)C(=O)O. The Balaban J connectivity index is 4.56. The van der Waals surface area contributed by atoms with E-state index in [0.717, 1.165) is 57.8 Å². The van der Waals surface area contributed by atoms with E-state index < -0.39 is 51.1 Å². The molecule has 0 aromatic carbocycles. The molecule has 0 heterocycles. The molecule has 12 heteroatoms. The quantitative estimate of drug-likeness (QED) is 0.0305. The molecule has 2 unspecified atom stereocenters. The molecule has 0 fully saturated rings. The van der Waals surface area contributed by atoms with Crippen molar-refractivity contribution >= 4 is 25.7 Å². The van der Waals surface area contributed by atoms with Gasteiger partial charge in [-0.15, -0.1) is 0 Å². The molecule has 0 aliphatic rings. The zero-order chi connectivity index (χ0) is 33.6. The summed E-state index contributed by atoms with van der Waals surface area (Å²) in [6.07, 6.45) is 26.7. The summed E-state index contributed by atoms with van der Waals surface area (Å²) in [4.78, 5) is 45.4. The number of carbonyl (C=O) groups excluding carboxylic acids is 2. The van der Waals surface area contributed by atoms with E-state index in [-0.39, 0.29) is 19.4 Å². The van der Waals surface area contributed by atoms with E-state index in [1.165, 1.54) is 25.7 Å². The van der Waals surface area contributed by atoms with Crippen molar-refractivity contribution in [3.8, 4) is 0 Å². The van der Waals surface area contributed by atoms with E-state index in [1.807, 2.05) is 24.3 Å². The molecule has 3 atom stereocenters. The molecule has 0 saturated carbocycles. The Morgan fingerprint density at radius 3 is 1.84 bits per heavy atom. The average Bonchev–Trinajstić information content (AvgIpc) is 3.00. The van der Waals surface area contributed by atoms with Gasteiger partial charge >= 0.3 is 25.7 Å². The molecule has 0 aromatic rings. The standard InChI is InChI=1S/C33H58NO10P/c1-3-5-7-9-11-13-14-15-16-17-19-21-23-25-32(36)44-29(27-42-45(39,40)43-28-30(34)33(37)38)26-41-31(35)24-22-20-18-12-10-8-6-4-2/h5,7,9,11,13-14,29-30H,3-4,6,8,10,12,15-28,34H2,1-2H3,(H,37,38)(H,39,40)/b7-5+,11-9+,14-13+/t29?,30-/m0/s1. The molecule has 260 valence electrons. The van der Waals surface area contributed by atoms with Crippen molar-refractivity contribution in [3.63, 3.8) is 0 Å². The fraction of sp³-hybridized carbons (Fsp3) is 0.727. The Kier molecular flexibility index (Phi) is 27.6. The molecule has 0 rings (SSSR count). The van der Waals surface area contributed by atoms with Gasteiger partial charge in [0.1, 0.15) is 12.6 Å². The van der Waals surface area contributed by atoms with Crippen LogP contribution < -0.4 is 5.73 Å². The van der Waals surface area contributed by atoms with Crippen LogP contribution in [0.4, 0.5) is 0 Å². The van der Waals surface area contributed by atoms with E-state index in [4.69, 9.17) is 24.8 Å². The van der Waals surface area contributed by atoms with E-state index in [2.05, 4.69) is 30.5 Å². The van der Waals surface area contributed by atoms with Gasteiger partial charge in [0, 0.05) is 12.8 Å². The molecule has 0 aromatic heterocycles. The maximum Gasteiger partial charge on any atom is 0.472 e. The molecule has 0 saturated heterocycles. The minimum Gasteiger partial charge on any atom is -0.480 e. The predicted molar refractivity (Wildman–Crippen MR) is 175 cm³/mol. The summed E-state index contributed by atoms with van der Waals surface area (Å²) in [5, 5.41) is 8.82. The number of hydrogen-bond acceptors (Lipinski definition) is 9. The molecule has 45 heavy (non-hydrogen) atoms. The number of nitrogens with two attached hydrogens (primary N) is 1. The molecule has 0 aliphatic heterocycles. The Labute approximate surface area is 270 Å². The van der Waals surface area contributed by atoms with Crippen molar-refractivity contribution < 1.29 is 47.5 Å². The summed E-state index contributed by atoms with van der Waals surface area (Å²) in [6, 6.07) is -1.52. The van der Waals surface area contributed by atoms with Crippen LogP contribution in [0.5, 0.6) is 0 Å². The highest BCUT2D eigenvalue weighted by Gasteiger charge is 2.28. The molecular weight excluding hydrogens is 601 g/mol. The first-order chi connectivity index (χ1) is 21.6. The fourth-order valence-corrected chi connectivity index (χ4v) is 4.84. The van der Waals surface area contributed by atoms with Crippen molar-refractivity contribution in [2.24, 2.45) is 5.73 Å². The van der Waals surface area contributed by atoms with Crippen LogP contribution >= 0.6 is 7.82 Å². The second-order valence-corrected chi connectivity index (χ2v) is 12.4. The van der Waals surface area contributed by atoms with Gasteiger partial charge in [0.15, 0.2) is 6.10 Å². The third kappa shape index (κ3) is 28.9. The summed E-state index contributed by atoms with van der Waals surface area (Å²) in [5.41, 5.74) is 5.29. The zero-order valence-electron chi connectivity index (χ0n) is 27.4. The summed E-state index contributed by atoms with van der Waals surface area (Å²) >= 11 is 0. The highest BCUT2D eigenvalue weighted by atomic mass is 31.2. The van der Waals surface area contributed by atoms with Crippen LogP contribution in [0.2, 0.25) is 0 Å². The number of hydrogen-bond donors (Lipinski definition) is 3. The molecule has 0 aliphatic carbocycles. The van der Waals surface area contributed by atoms with E-state index in [0.29, 0.717) is 12.8 Å². The van der Waals surface area contributed by atoms with Crippen molar-refractivity contribution in [3.05, 3.63) is 36.5 Å². The number of unbranched alkanes of at least 4 members (excludes halogenated alkanes) is 12. The lowest BCUT2D eigenvalue weighted by atomic mass is 10.1. The second-order valence-electron chi connectivity index (χ2n) is 11.0. The zero-order valence-corrected chi connectivity index (χ0v) is 28.3. The van der Waals surface area contributed by atoms with Gasteiger partial charge < -0.3 is 25.2 Å². The van der Waals surface area contributed by atoms with Crippen LogP contribution in [0.25, 0.3) is 0 Å². The summed E-state index contributed by atoms with van der Waals surface area (Å²) in [6.45, 7) is 2.56. The minimum absolute atomic E-state index is 0.138. The summed E-state index contributed by atoms with van der Waals surface area (Å²) in [7, 11) is -4.70. The smallest absolute Gasteiger partial charge is 0.472 e. The van der Waals surface area contributed by atoms with Gasteiger partial charge in [-0.05, 0) is 32.1 Å². The Bertz CT molecular complexity index is 921. The van der Waals surface area contributed by atoms with Crippen molar-refractivity contribution in [1.29, 1.82) is 0 Å². The first-order valence-corrected chi connectivity index (χ1v) is 18.0. The normalized spacial score (nSPS) is 14.6. The molecule has 11 nitrogen and oxygen atoms in total. The summed E-state index contributed by atoms with van der Waals surface area (Å²) < 4.78 is 32.3. The predicted octanol–water partition coefficient (Wildman–Crippen LogP) is 7.33. The third-order valence-corrected chi connectivity index (χ3v) is 7.66. The molecule has 4 N–H and O–H groups in total. The number of carboxylic acid groups (broad SMARTS) is 1. The van der Waals surface area contributed by atoms with Gasteiger partial charge in [0.25, 0.3) is 0 Å². The molecule has 0 bridgehead atoms. The van der Waals surface area contributed by atoms with E-state index >= 15 is 0 Å². The largest absolute Gasteiger partial charge is 0.480 e. The monoisotopic (exact) mass is 659 g/mol. The van der Waals surface area contributed by atoms with Gasteiger partial charge in [-0.2, -0.15) is 0 Å². The van der Waals surface area contributed by atoms with E-state index in [9.17, 15) is 23.8 Å². The number of phosphoric acid groups is 1. The number of carboxylic acids is 1. The lowest BCUT2D eigenvalue weighted by molar-refractivity contribution is -0.161. The van der Waals surface area contributed by atoms with Crippen molar-refractivity contribution in [2.45, 2.75) is 135 Å².